The van der Waals surface area contributed by atoms with Gasteiger partial charge in [0.05, 0.1) is 0 Å². The summed E-state index contributed by atoms with van der Waals surface area (Å²) in [6, 6.07) is 0.508. The minimum absolute atomic E-state index is 0.0977. The standard InChI is InChI=1S/C14H26N2O/c1-2-10-4-3-5-12(8-10)16-14(17)9-13(15)11-6-7-11/h10-13H,2-9,15H2,1H3,(H,16,17). The van der Waals surface area contributed by atoms with Crippen molar-refractivity contribution in [2.24, 2.45) is 17.6 Å². The van der Waals surface area contributed by atoms with Crippen molar-refractivity contribution in [1.29, 1.82) is 0 Å². The lowest BCUT2D eigenvalue weighted by Gasteiger charge is -2.29. The van der Waals surface area contributed by atoms with Gasteiger partial charge < -0.3 is 11.1 Å². The zero-order chi connectivity index (χ0) is 12.3. The molecule has 2 aliphatic carbocycles. The van der Waals surface area contributed by atoms with Crippen LogP contribution >= 0.6 is 0 Å². The van der Waals surface area contributed by atoms with Crippen LogP contribution < -0.4 is 11.1 Å². The molecule has 3 atom stereocenters. The second kappa shape index (κ2) is 5.85. The quantitative estimate of drug-likeness (QED) is 0.771. The van der Waals surface area contributed by atoms with Crippen LogP contribution in [-0.2, 0) is 4.79 Å². The number of hydrogen-bond acceptors (Lipinski definition) is 2. The molecule has 0 aromatic carbocycles. The number of nitrogens with two attached hydrogens (primary N) is 1. The van der Waals surface area contributed by atoms with Gasteiger partial charge in [0.15, 0.2) is 0 Å². The van der Waals surface area contributed by atoms with Gasteiger partial charge in [-0.2, -0.15) is 0 Å². The SMILES string of the molecule is CCC1CCCC(NC(=O)CC(N)C2CC2)C1. The zero-order valence-electron chi connectivity index (χ0n) is 11.0. The van der Waals surface area contributed by atoms with Crippen molar-refractivity contribution in [1.82, 2.24) is 5.32 Å². The molecule has 98 valence electrons. The predicted molar refractivity (Wildman–Crippen MR) is 69.5 cm³/mol. The van der Waals surface area contributed by atoms with Crippen LogP contribution in [0.3, 0.4) is 0 Å². The third-order valence-electron chi connectivity index (χ3n) is 4.37. The van der Waals surface area contributed by atoms with Crippen LogP contribution in [0.4, 0.5) is 0 Å². The monoisotopic (exact) mass is 238 g/mol. The first kappa shape index (κ1) is 12.9. The minimum atomic E-state index is 0.0977. The number of hydrogen-bond donors (Lipinski definition) is 2. The van der Waals surface area contributed by atoms with Gasteiger partial charge in [0, 0.05) is 18.5 Å². The summed E-state index contributed by atoms with van der Waals surface area (Å²) in [4.78, 5) is 11.9. The largest absolute Gasteiger partial charge is 0.353 e. The summed E-state index contributed by atoms with van der Waals surface area (Å²) in [7, 11) is 0. The van der Waals surface area contributed by atoms with Gasteiger partial charge in [-0.25, -0.2) is 0 Å². The Morgan fingerprint density at radius 2 is 2.12 bits per heavy atom. The molecule has 1 amide bonds. The molecule has 0 spiro atoms. The van der Waals surface area contributed by atoms with Crippen LogP contribution in [-0.4, -0.2) is 18.0 Å². The van der Waals surface area contributed by atoms with Crippen LogP contribution in [0.5, 0.6) is 0 Å². The van der Waals surface area contributed by atoms with E-state index < -0.39 is 0 Å². The van der Waals surface area contributed by atoms with Crippen molar-refractivity contribution in [3.05, 3.63) is 0 Å². The number of rotatable bonds is 5. The van der Waals surface area contributed by atoms with E-state index in [1.807, 2.05) is 0 Å². The Labute approximate surface area is 105 Å². The lowest BCUT2D eigenvalue weighted by molar-refractivity contribution is -0.122. The molecule has 0 aliphatic heterocycles. The first-order valence-corrected chi connectivity index (χ1v) is 7.24. The number of amides is 1. The van der Waals surface area contributed by atoms with Gasteiger partial charge in [-0.3, -0.25) is 4.79 Å². The summed E-state index contributed by atoms with van der Waals surface area (Å²) in [6.45, 7) is 2.25. The van der Waals surface area contributed by atoms with Crippen LogP contribution in [0.1, 0.15) is 58.3 Å². The molecule has 2 aliphatic rings. The first-order chi connectivity index (χ1) is 8.19. The van der Waals surface area contributed by atoms with Gasteiger partial charge in [-0.05, 0) is 37.5 Å². The molecular formula is C14H26N2O. The van der Waals surface area contributed by atoms with Crippen molar-refractivity contribution < 1.29 is 4.79 Å². The molecule has 17 heavy (non-hydrogen) atoms. The van der Waals surface area contributed by atoms with Gasteiger partial charge in [0.2, 0.25) is 5.91 Å². The second-order valence-corrected chi connectivity index (χ2v) is 5.91. The van der Waals surface area contributed by atoms with Gasteiger partial charge in [-0.1, -0.05) is 26.2 Å². The summed E-state index contributed by atoms with van der Waals surface area (Å²) in [6.07, 6.45) is 9.13. The fourth-order valence-electron chi connectivity index (χ4n) is 2.98. The van der Waals surface area contributed by atoms with Gasteiger partial charge in [0.1, 0.15) is 0 Å². The third-order valence-corrected chi connectivity index (χ3v) is 4.37. The summed E-state index contributed by atoms with van der Waals surface area (Å²) in [5.41, 5.74) is 5.98. The van der Waals surface area contributed by atoms with Gasteiger partial charge >= 0.3 is 0 Å². The van der Waals surface area contributed by atoms with Crippen molar-refractivity contribution in [3.63, 3.8) is 0 Å². The predicted octanol–water partition coefficient (Wildman–Crippen LogP) is 2.20. The molecule has 0 aromatic heterocycles. The average molecular weight is 238 g/mol. The van der Waals surface area contributed by atoms with Crippen molar-refractivity contribution >= 4 is 5.91 Å². The maximum atomic E-state index is 11.9. The van der Waals surface area contributed by atoms with Gasteiger partial charge in [-0.15, -0.1) is 0 Å². The summed E-state index contributed by atoms with van der Waals surface area (Å²) < 4.78 is 0. The Balaban J connectivity index is 1.69. The highest BCUT2D eigenvalue weighted by molar-refractivity contribution is 5.77. The Morgan fingerprint density at radius 1 is 1.35 bits per heavy atom. The summed E-state index contributed by atoms with van der Waals surface area (Å²) >= 11 is 0. The second-order valence-electron chi connectivity index (χ2n) is 5.91. The molecule has 3 nitrogen and oxygen atoms in total. The van der Waals surface area contributed by atoms with Crippen molar-refractivity contribution in [3.8, 4) is 0 Å². The number of carbonyl (C=O) groups excluding carboxylic acids is 1. The molecule has 2 saturated carbocycles. The van der Waals surface area contributed by atoms with Crippen molar-refractivity contribution in [2.45, 2.75) is 70.4 Å². The normalized spacial score (nSPS) is 30.9. The van der Waals surface area contributed by atoms with Gasteiger partial charge in [0.25, 0.3) is 0 Å². The average Bonchev–Trinajstić information content (AvgIpc) is 3.12. The Kier molecular flexibility index (Phi) is 4.43. The Hall–Kier alpha value is -0.570. The molecule has 0 radical (unpaired) electrons. The van der Waals surface area contributed by atoms with E-state index >= 15 is 0 Å². The molecule has 0 aromatic rings. The Bertz CT molecular complexity index is 263. The molecular weight excluding hydrogens is 212 g/mol. The van der Waals surface area contributed by atoms with Crippen molar-refractivity contribution in [2.75, 3.05) is 0 Å². The number of carbonyl (C=O) groups is 1. The van der Waals surface area contributed by atoms with E-state index in [0.717, 1.165) is 12.3 Å². The van der Waals surface area contributed by atoms with E-state index in [9.17, 15) is 4.79 Å². The lowest BCUT2D eigenvalue weighted by atomic mass is 9.84. The topological polar surface area (TPSA) is 55.1 Å². The molecule has 3 heteroatoms. The molecule has 3 unspecified atom stereocenters. The summed E-state index contributed by atoms with van der Waals surface area (Å²) in [5, 5.41) is 3.18. The fourth-order valence-corrected chi connectivity index (χ4v) is 2.98. The third kappa shape index (κ3) is 3.98. The van der Waals surface area contributed by atoms with E-state index in [4.69, 9.17) is 5.73 Å². The molecule has 2 fully saturated rings. The molecule has 2 rings (SSSR count). The van der Waals surface area contributed by atoms with Crippen LogP contribution in [0.25, 0.3) is 0 Å². The smallest absolute Gasteiger partial charge is 0.221 e. The molecule has 0 heterocycles. The number of nitrogens with one attached hydrogen (secondary N) is 1. The van der Waals surface area contributed by atoms with E-state index in [0.29, 0.717) is 18.4 Å². The fraction of sp³-hybridized carbons (Fsp3) is 0.929. The summed E-state index contributed by atoms with van der Waals surface area (Å²) in [5.74, 6) is 1.60. The van der Waals surface area contributed by atoms with E-state index in [2.05, 4.69) is 12.2 Å². The maximum absolute atomic E-state index is 11.9. The first-order valence-electron chi connectivity index (χ1n) is 7.24. The maximum Gasteiger partial charge on any atom is 0.221 e. The highest BCUT2D eigenvalue weighted by Gasteiger charge is 2.30. The molecule has 0 saturated heterocycles. The molecule has 3 N–H and O–H groups in total. The van der Waals surface area contributed by atoms with E-state index in [1.165, 1.54) is 38.5 Å². The molecule has 0 bridgehead atoms. The zero-order valence-corrected chi connectivity index (χ0v) is 11.0. The highest BCUT2D eigenvalue weighted by Crippen LogP contribution is 2.33. The lowest BCUT2D eigenvalue weighted by Crippen LogP contribution is -2.41. The van der Waals surface area contributed by atoms with Crippen LogP contribution in [0, 0.1) is 11.8 Å². The van der Waals surface area contributed by atoms with Crippen LogP contribution in [0.2, 0.25) is 0 Å². The highest BCUT2D eigenvalue weighted by atomic mass is 16.1. The van der Waals surface area contributed by atoms with E-state index in [-0.39, 0.29) is 11.9 Å². The van der Waals surface area contributed by atoms with E-state index in [1.54, 1.807) is 0 Å². The minimum Gasteiger partial charge on any atom is -0.353 e. The van der Waals surface area contributed by atoms with Crippen LogP contribution in [0.15, 0.2) is 0 Å². The Morgan fingerprint density at radius 3 is 2.76 bits per heavy atom.